The molecule has 0 radical (unpaired) electrons. The number of halogens is 1. The lowest BCUT2D eigenvalue weighted by atomic mass is 9.75. The molecule has 1 nitrogen and oxygen atoms in total. The van der Waals surface area contributed by atoms with Crippen LogP contribution in [0.2, 0.25) is 0 Å². The topological polar surface area (TPSA) is 3.24 Å². The molecule has 1 aliphatic rings. The lowest BCUT2D eigenvalue weighted by Crippen LogP contribution is -2.38. The maximum atomic E-state index is 12.1. The summed E-state index contributed by atoms with van der Waals surface area (Å²) >= 11 is 0. The molecule has 1 fully saturated rings. The summed E-state index contributed by atoms with van der Waals surface area (Å²) in [5.74, 6) is 0. The Balaban J connectivity index is 2.32. The molecule has 0 saturated heterocycles. The molecular formula is C11H22FN. The molecule has 0 aromatic rings. The summed E-state index contributed by atoms with van der Waals surface area (Å²) in [4.78, 5) is 2.18. The van der Waals surface area contributed by atoms with E-state index in [1.165, 1.54) is 25.7 Å². The second-order valence-corrected chi connectivity index (χ2v) is 5.06. The Hall–Kier alpha value is -0.110. The Labute approximate surface area is 81.3 Å². The van der Waals surface area contributed by atoms with E-state index in [0.29, 0.717) is 18.0 Å². The number of rotatable bonds is 3. The van der Waals surface area contributed by atoms with Crippen LogP contribution in [0.4, 0.5) is 4.39 Å². The molecule has 0 bridgehead atoms. The predicted molar refractivity (Wildman–Crippen MR) is 54.6 cm³/mol. The molecule has 0 aliphatic heterocycles. The van der Waals surface area contributed by atoms with Gasteiger partial charge in [0, 0.05) is 12.6 Å². The molecule has 78 valence electrons. The largest absolute Gasteiger partial charge is 0.301 e. The Kier molecular flexibility index (Phi) is 3.72. The first-order chi connectivity index (χ1) is 6.05. The molecule has 1 aliphatic carbocycles. The van der Waals surface area contributed by atoms with E-state index < -0.39 is 0 Å². The highest BCUT2D eigenvalue weighted by molar-refractivity contribution is 4.82. The summed E-state index contributed by atoms with van der Waals surface area (Å²) < 4.78 is 12.1. The van der Waals surface area contributed by atoms with Crippen molar-refractivity contribution in [3.05, 3.63) is 0 Å². The van der Waals surface area contributed by atoms with Crippen molar-refractivity contribution < 1.29 is 4.39 Å². The molecule has 0 heterocycles. The molecule has 0 unspecified atom stereocenters. The maximum Gasteiger partial charge on any atom is 0.102 e. The second-order valence-electron chi connectivity index (χ2n) is 5.06. The summed E-state index contributed by atoms with van der Waals surface area (Å²) in [6.45, 7) is 5.05. The number of hydrogen-bond acceptors (Lipinski definition) is 1. The highest BCUT2D eigenvalue weighted by Gasteiger charge is 2.28. The first-order valence-corrected chi connectivity index (χ1v) is 5.31. The minimum Gasteiger partial charge on any atom is -0.301 e. The van der Waals surface area contributed by atoms with Crippen molar-refractivity contribution in [3.8, 4) is 0 Å². The normalized spacial score (nSPS) is 23.8. The van der Waals surface area contributed by atoms with Crippen LogP contribution in [0, 0.1) is 5.41 Å². The van der Waals surface area contributed by atoms with E-state index in [9.17, 15) is 4.39 Å². The van der Waals surface area contributed by atoms with Gasteiger partial charge in [-0.25, -0.2) is 4.39 Å². The van der Waals surface area contributed by atoms with E-state index in [-0.39, 0.29) is 6.67 Å². The van der Waals surface area contributed by atoms with Crippen molar-refractivity contribution in [2.75, 3.05) is 20.3 Å². The average Bonchev–Trinajstić information content (AvgIpc) is 2.04. The molecule has 1 saturated carbocycles. The van der Waals surface area contributed by atoms with Crippen LogP contribution in [0.25, 0.3) is 0 Å². The first-order valence-electron chi connectivity index (χ1n) is 5.31. The number of alkyl halides is 1. The van der Waals surface area contributed by atoms with Gasteiger partial charge < -0.3 is 4.90 Å². The molecule has 0 aromatic heterocycles. The fourth-order valence-corrected chi connectivity index (χ4v) is 2.14. The van der Waals surface area contributed by atoms with Gasteiger partial charge in [0.25, 0.3) is 0 Å². The zero-order chi connectivity index (χ0) is 9.90. The summed E-state index contributed by atoms with van der Waals surface area (Å²) in [5.41, 5.74) is 0.521. The van der Waals surface area contributed by atoms with Crippen LogP contribution in [0.1, 0.15) is 39.5 Å². The first kappa shape index (κ1) is 11.0. The van der Waals surface area contributed by atoms with Crippen molar-refractivity contribution in [1.29, 1.82) is 0 Å². The maximum absolute atomic E-state index is 12.1. The molecule has 0 atom stereocenters. The Morgan fingerprint density at radius 2 is 1.85 bits per heavy atom. The van der Waals surface area contributed by atoms with Gasteiger partial charge in [-0.05, 0) is 38.1 Å². The molecule has 0 N–H and O–H groups in total. The van der Waals surface area contributed by atoms with Gasteiger partial charge in [-0.15, -0.1) is 0 Å². The Morgan fingerprint density at radius 3 is 2.31 bits per heavy atom. The monoisotopic (exact) mass is 187 g/mol. The number of nitrogens with zero attached hydrogens (tertiary/aromatic N) is 1. The van der Waals surface area contributed by atoms with Gasteiger partial charge in [-0.2, -0.15) is 0 Å². The zero-order valence-corrected chi connectivity index (χ0v) is 9.15. The van der Waals surface area contributed by atoms with E-state index in [4.69, 9.17) is 0 Å². The van der Waals surface area contributed by atoms with Crippen LogP contribution in [0.5, 0.6) is 0 Å². The minimum atomic E-state index is -0.212. The van der Waals surface area contributed by atoms with Crippen LogP contribution in [-0.2, 0) is 0 Å². The Morgan fingerprint density at radius 1 is 1.31 bits per heavy atom. The zero-order valence-electron chi connectivity index (χ0n) is 9.15. The van der Waals surface area contributed by atoms with Gasteiger partial charge in [-0.1, -0.05) is 13.8 Å². The third-order valence-corrected chi connectivity index (χ3v) is 3.37. The van der Waals surface area contributed by atoms with Crippen LogP contribution < -0.4 is 0 Å². The fraction of sp³-hybridized carbons (Fsp3) is 1.00. The molecule has 0 aromatic carbocycles. The van der Waals surface area contributed by atoms with Gasteiger partial charge in [-0.3, -0.25) is 0 Å². The molecule has 0 amide bonds. The highest BCUT2D eigenvalue weighted by atomic mass is 19.1. The quantitative estimate of drug-likeness (QED) is 0.656. The summed E-state index contributed by atoms with van der Waals surface area (Å²) in [5, 5.41) is 0. The van der Waals surface area contributed by atoms with E-state index in [2.05, 4.69) is 18.7 Å². The molecule has 2 heteroatoms. The standard InChI is InChI=1S/C11H22FN/c1-11(2)6-4-10(5-7-11)13(3)9-8-12/h10H,4-9H2,1-3H3. The van der Waals surface area contributed by atoms with Crippen molar-refractivity contribution in [2.24, 2.45) is 5.41 Å². The van der Waals surface area contributed by atoms with Crippen LogP contribution in [-0.4, -0.2) is 31.2 Å². The van der Waals surface area contributed by atoms with Crippen LogP contribution in [0.15, 0.2) is 0 Å². The minimum absolute atomic E-state index is 0.212. The molecule has 1 rings (SSSR count). The van der Waals surface area contributed by atoms with Gasteiger partial charge in [0.05, 0.1) is 0 Å². The third kappa shape index (κ3) is 3.26. The van der Waals surface area contributed by atoms with Gasteiger partial charge in [0.15, 0.2) is 0 Å². The third-order valence-electron chi connectivity index (χ3n) is 3.37. The highest BCUT2D eigenvalue weighted by Crippen LogP contribution is 2.36. The van der Waals surface area contributed by atoms with E-state index in [0.717, 1.165) is 0 Å². The lowest BCUT2D eigenvalue weighted by molar-refractivity contribution is 0.122. The average molecular weight is 187 g/mol. The van der Waals surface area contributed by atoms with E-state index in [1.807, 2.05) is 7.05 Å². The molecule has 13 heavy (non-hydrogen) atoms. The van der Waals surface area contributed by atoms with Crippen LogP contribution >= 0.6 is 0 Å². The smallest absolute Gasteiger partial charge is 0.102 e. The SMILES string of the molecule is CN(CCF)C1CCC(C)(C)CC1. The summed E-state index contributed by atoms with van der Waals surface area (Å²) in [6.07, 6.45) is 5.05. The summed E-state index contributed by atoms with van der Waals surface area (Å²) in [6, 6.07) is 0.628. The van der Waals surface area contributed by atoms with Crippen molar-refractivity contribution >= 4 is 0 Å². The number of hydrogen-bond donors (Lipinski definition) is 0. The van der Waals surface area contributed by atoms with Crippen LogP contribution in [0.3, 0.4) is 0 Å². The fourth-order valence-electron chi connectivity index (χ4n) is 2.14. The van der Waals surface area contributed by atoms with Gasteiger partial charge >= 0.3 is 0 Å². The Bertz CT molecular complexity index is 146. The van der Waals surface area contributed by atoms with Crippen molar-refractivity contribution in [1.82, 2.24) is 4.90 Å². The van der Waals surface area contributed by atoms with Crippen molar-refractivity contribution in [3.63, 3.8) is 0 Å². The van der Waals surface area contributed by atoms with Gasteiger partial charge in [0.1, 0.15) is 6.67 Å². The molecule has 0 spiro atoms. The predicted octanol–water partition coefficient (Wildman–Crippen LogP) is 2.86. The molecular weight excluding hydrogens is 165 g/mol. The van der Waals surface area contributed by atoms with Gasteiger partial charge in [0.2, 0.25) is 0 Å². The van der Waals surface area contributed by atoms with E-state index in [1.54, 1.807) is 0 Å². The lowest BCUT2D eigenvalue weighted by Gasteiger charge is -2.38. The second kappa shape index (κ2) is 4.41. The van der Waals surface area contributed by atoms with Crippen molar-refractivity contribution in [2.45, 2.75) is 45.6 Å². The van der Waals surface area contributed by atoms with E-state index >= 15 is 0 Å². The summed E-state index contributed by atoms with van der Waals surface area (Å²) in [7, 11) is 2.04.